The van der Waals surface area contributed by atoms with E-state index in [-0.39, 0.29) is 0 Å². The molecule has 0 aliphatic heterocycles. The first-order chi connectivity index (χ1) is 9.16. The summed E-state index contributed by atoms with van der Waals surface area (Å²) < 4.78 is 6.43. The van der Waals surface area contributed by atoms with Gasteiger partial charge in [0.1, 0.15) is 18.0 Å². The number of nitrogens with two attached hydrogens (primary N) is 1. The normalized spacial score (nSPS) is 18.4. The first kappa shape index (κ1) is 14.5. The number of aliphatic carboxylic acids is 1. The number of carbonyl (C=O) groups excluding carboxylic acids is 1. The van der Waals surface area contributed by atoms with Gasteiger partial charge in [-0.3, -0.25) is 4.79 Å². The number of carboxylic acid groups (broad SMARTS) is 1. The number of nitrogens with zero attached hydrogens (tertiary/aromatic N) is 2. The van der Waals surface area contributed by atoms with Crippen LogP contribution in [0.2, 0.25) is 0 Å². The smallest absolute Gasteiger partial charge is 0.419 e. The number of ether oxygens (including phenoxy) is 1. The molecule has 1 fully saturated rings. The van der Waals surface area contributed by atoms with Crippen molar-refractivity contribution in [3.8, 4) is 0 Å². The molecule has 0 spiro atoms. The third-order valence-corrected chi connectivity index (χ3v) is 3.35. The van der Waals surface area contributed by atoms with Crippen molar-refractivity contribution in [1.82, 2.24) is 9.55 Å². The summed E-state index contributed by atoms with van der Waals surface area (Å²) in [7, 11) is 0. The second kappa shape index (κ2) is 4.59. The van der Waals surface area contributed by atoms with E-state index in [9.17, 15) is 9.59 Å². The molecule has 1 atom stereocenters. The van der Waals surface area contributed by atoms with Crippen molar-refractivity contribution in [1.29, 1.82) is 0 Å². The van der Waals surface area contributed by atoms with E-state index >= 15 is 0 Å². The van der Waals surface area contributed by atoms with Crippen molar-refractivity contribution >= 4 is 12.1 Å². The van der Waals surface area contributed by atoms with Crippen molar-refractivity contribution in [2.75, 3.05) is 0 Å². The topological polar surface area (TPSA) is 107 Å². The van der Waals surface area contributed by atoms with Gasteiger partial charge in [-0.05, 0) is 33.6 Å². The molecule has 1 aromatic heterocycles. The van der Waals surface area contributed by atoms with E-state index in [0.717, 1.165) is 0 Å². The standard InChI is InChI=1S/C13H19N3O4/c1-12(2,3)20-11(19)16-6-8(15-7-16)13(4-5-13)9(14)10(17)18/h6-7,9H,4-5,14H2,1-3H3,(H,17,18). The summed E-state index contributed by atoms with van der Waals surface area (Å²) in [6.07, 6.45) is 3.61. The van der Waals surface area contributed by atoms with Crippen LogP contribution in [0, 0.1) is 0 Å². The molecule has 1 heterocycles. The Morgan fingerprint density at radius 1 is 1.50 bits per heavy atom. The van der Waals surface area contributed by atoms with E-state index in [1.54, 1.807) is 20.8 Å². The lowest BCUT2D eigenvalue weighted by molar-refractivity contribution is -0.139. The lowest BCUT2D eigenvalue weighted by Crippen LogP contribution is -2.42. The first-order valence-corrected chi connectivity index (χ1v) is 6.42. The Balaban J connectivity index is 2.18. The van der Waals surface area contributed by atoms with Crippen molar-refractivity contribution in [3.05, 3.63) is 18.2 Å². The monoisotopic (exact) mass is 281 g/mol. The molecule has 3 N–H and O–H groups in total. The zero-order valence-electron chi connectivity index (χ0n) is 11.8. The largest absolute Gasteiger partial charge is 0.480 e. The van der Waals surface area contributed by atoms with Gasteiger partial charge in [-0.1, -0.05) is 0 Å². The fraction of sp³-hybridized carbons (Fsp3) is 0.615. The van der Waals surface area contributed by atoms with Gasteiger partial charge in [0.25, 0.3) is 0 Å². The molecule has 0 aromatic carbocycles. The Morgan fingerprint density at radius 2 is 2.10 bits per heavy atom. The van der Waals surface area contributed by atoms with Crippen LogP contribution in [-0.2, 0) is 14.9 Å². The highest BCUT2D eigenvalue weighted by molar-refractivity contribution is 5.77. The van der Waals surface area contributed by atoms with Crippen LogP contribution >= 0.6 is 0 Å². The van der Waals surface area contributed by atoms with Gasteiger partial charge in [0, 0.05) is 11.6 Å². The molecule has 1 saturated carbocycles. The predicted molar refractivity (Wildman–Crippen MR) is 70.4 cm³/mol. The SMILES string of the molecule is CC(C)(C)OC(=O)n1cnc(C2(C(N)C(=O)O)CC2)c1. The summed E-state index contributed by atoms with van der Waals surface area (Å²) in [4.78, 5) is 27.0. The van der Waals surface area contributed by atoms with E-state index < -0.39 is 29.1 Å². The van der Waals surface area contributed by atoms with Crippen molar-refractivity contribution < 1.29 is 19.4 Å². The Morgan fingerprint density at radius 3 is 2.55 bits per heavy atom. The Kier molecular flexibility index (Phi) is 3.33. The minimum Gasteiger partial charge on any atom is -0.480 e. The molecule has 1 aliphatic rings. The van der Waals surface area contributed by atoms with Crippen molar-refractivity contribution in [3.63, 3.8) is 0 Å². The van der Waals surface area contributed by atoms with Gasteiger partial charge < -0.3 is 15.6 Å². The molecule has 0 radical (unpaired) electrons. The number of carbonyl (C=O) groups is 2. The van der Waals surface area contributed by atoms with Gasteiger partial charge in [-0.15, -0.1) is 0 Å². The fourth-order valence-corrected chi connectivity index (χ4v) is 2.09. The zero-order chi connectivity index (χ0) is 15.1. The van der Waals surface area contributed by atoms with Gasteiger partial charge in [-0.2, -0.15) is 0 Å². The van der Waals surface area contributed by atoms with Crippen LogP contribution in [0.15, 0.2) is 12.5 Å². The second-order valence-corrected chi connectivity index (χ2v) is 6.12. The van der Waals surface area contributed by atoms with Crippen LogP contribution in [0.5, 0.6) is 0 Å². The highest BCUT2D eigenvalue weighted by Gasteiger charge is 2.54. The Bertz CT molecular complexity index is 540. The van der Waals surface area contributed by atoms with Crippen LogP contribution in [-0.4, -0.2) is 38.4 Å². The average molecular weight is 281 g/mol. The fourth-order valence-electron chi connectivity index (χ4n) is 2.09. The summed E-state index contributed by atoms with van der Waals surface area (Å²) in [5.41, 5.74) is 4.98. The Labute approximate surface area is 116 Å². The molecular formula is C13H19N3O4. The lowest BCUT2D eigenvalue weighted by atomic mass is 9.94. The Hall–Kier alpha value is -1.89. The number of carboxylic acids is 1. The van der Waals surface area contributed by atoms with E-state index in [0.29, 0.717) is 18.5 Å². The van der Waals surface area contributed by atoms with Gasteiger partial charge in [0.15, 0.2) is 0 Å². The number of imidazole rings is 1. The molecule has 7 heteroatoms. The van der Waals surface area contributed by atoms with Gasteiger partial charge in [-0.25, -0.2) is 14.3 Å². The minimum absolute atomic E-state index is 0.526. The molecule has 1 aromatic rings. The van der Waals surface area contributed by atoms with E-state index in [2.05, 4.69) is 4.98 Å². The average Bonchev–Trinajstić information content (AvgIpc) is 2.96. The highest BCUT2D eigenvalue weighted by Crippen LogP contribution is 2.49. The highest BCUT2D eigenvalue weighted by atomic mass is 16.6. The summed E-state index contributed by atoms with van der Waals surface area (Å²) in [6.45, 7) is 5.31. The molecule has 20 heavy (non-hydrogen) atoms. The van der Waals surface area contributed by atoms with E-state index in [1.165, 1.54) is 17.1 Å². The molecule has 0 bridgehead atoms. The van der Waals surface area contributed by atoms with Crippen LogP contribution in [0.4, 0.5) is 4.79 Å². The van der Waals surface area contributed by atoms with Crippen LogP contribution in [0.25, 0.3) is 0 Å². The lowest BCUT2D eigenvalue weighted by Gasteiger charge is -2.19. The van der Waals surface area contributed by atoms with E-state index in [4.69, 9.17) is 15.6 Å². The second-order valence-electron chi connectivity index (χ2n) is 6.12. The molecule has 2 rings (SSSR count). The molecule has 7 nitrogen and oxygen atoms in total. The van der Waals surface area contributed by atoms with Gasteiger partial charge >= 0.3 is 12.1 Å². The quantitative estimate of drug-likeness (QED) is 0.859. The molecule has 110 valence electrons. The van der Waals surface area contributed by atoms with E-state index in [1.807, 2.05) is 0 Å². The minimum atomic E-state index is -1.06. The van der Waals surface area contributed by atoms with Crippen LogP contribution < -0.4 is 5.73 Å². The summed E-state index contributed by atoms with van der Waals surface area (Å²) >= 11 is 0. The zero-order valence-corrected chi connectivity index (χ0v) is 11.8. The van der Waals surface area contributed by atoms with Gasteiger partial charge in [0.2, 0.25) is 0 Å². The number of hydrogen-bond acceptors (Lipinski definition) is 5. The molecule has 0 amide bonds. The summed E-state index contributed by atoms with van der Waals surface area (Å²) in [5, 5.41) is 9.04. The van der Waals surface area contributed by atoms with Crippen molar-refractivity contribution in [2.24, 2.45) is 5.73 Å². The summed E-state index contributed by atoms with van der Waals surface area (Å²) in [5.74, 6) is -1.06. The predicted octanol–water partition coefficient (Wildman–Crippen LogP) is 1.11. The maximum absolute atomic E-state index is 11.9. The van der Waals surface area contributed by atoms with Crippen LogP contribution in [0.3, 0.4) is 0 Å². The third-order valence-electron chi connectivity index (χ3n) is 3.35. The first-order valence-electron chi connectivity index (χ1n) is 6.42. The van der Waals surface area contributed by atoms with Crippen molar-refractivity contribution in [2.45, 2.75) is 50.7 Å². The third kappa shape index (κ3) is 2.67. The number of aromatic nitrogens is 2. The number of hydrogen-bond donors (Lipinski definition) is 2. The maximum Gasteiger partial charge on any atom is 0.419 e. The maximum atomic E-state index is 11.9. The summed E-state index contributed by atoms with van der Waals surface area (Å²) in [6, 6.07) is -1.01. The molecule has 0 saturated heterocycles. The molecule has 1 unspecified atom stereocenters. The number of rotatable bonds is 3. The van der Waals surface area contributed by atoms with Gasteiger partial charge in [0.05, 0.1) is 5.69 Å². The molecular weight excluding hydrogens is 262 g/mol. The molecule has 1 aliphatic carbocycles. The van der Waals surface area contributed by atoms with Crippen LogP contribution in [0.1, 0.15) is 39.3 Å².